The number of halogens is 1. The maximum absolute atomic E-state index is 8.68. The van der Waals surface area contributed by atoms with E-state index in [1.54, 1.807) is 0 Å². The third kappa shape index (κ3) is 0.955. The summed E-state index contributed by atoms with van der Waals surface area (Å²) in [5, 5.41) is 12.0. The fourth-order valence-corrected chi connectivity index (χ4v) is 1.82. The van der Waals surface area contributed by atoms with Crippen LogP contribution < -0.4 is 5.32 Å². The lowest BCUT2D eigenvalue weighted by Crippen LogP contribution is -2.15. The Kier molecular flexibility index (Phi) is 1.99. The first-order valence-corrected chi connectivity index (χ1v) is 3.25. The highest BCUT2D eigenvalue weighted by Gasteiger charge is 2.51. The van der Waals surface area contributed by atoms with Crippen molar-refractivity contribution in [2.24, 2.45) is 17.8 Å². The van der Waals surface area contributed by atoms with E-state index < -0.39 is 0 Å². The van der Waals surface area contributed by atoms with Crippen molar-refractivity contribution >= 4 is 12.4 Å². The van der Waals surface area contributed by atoms with Gasteiger partial charge in [-0.15, -0.1) is 12.4 Å². The Bertz CT molecular complexity index is 92.5. The summed E-state index contributed by atoms with van der Waals surface area (Å²) in [6.45, 7) is 2.71. The van der Waals surface area contributed by atoms with E-state index in [9.17, 15) is 0 Å². The molecule has 2 unspecified atom stereocenters. The summed E-state index contributed by atoms with van der Waals surface area (Å²) >= 11 is 0. The summed E-state index contributed by atoms with van der Waals surface area (Å²) < 4.78 is 0. The van der Waals surface area contributed by atoms with Crippen LogP contribution in [0.15, 0.2) is 0 Å². The highest BCUT2D eigenvalue weighted by atomic mass is 35.5. The van der Waals surface area contributed by atoms with E-state index in [-0.39, 0.29) is 12.4 Å². The number of hydrogen-bond acceptors (Lipinski definition) is 2. The molecule has 0 aromatic rings. The summed E-state index contributed by atoms with van der Waals surface area (Å²) in [5.41, 5.74) is 0. The minimum absolute atomic E-state index is 0. The van der Waals surface area contributed by atoms with Gasteiger partial charge in [0.1, 0.15) is 0 Å². The molecule has 2 N–H and O–H groups in total. The molecule has 0 spiro atoms. The Balaban J connectivity index is 0.000000405. The molecule has 1 aliphatic carbocycles. The highest BCUT2D eigenvalue weighted by Crippen LogP contribution is 2.47. The topological polar surface area (TPSA) is 32.3 Å². The molecule has 9 heavy (non-hydrogen) atoms. The Morgan fingerprint density at radius 1 is 1.33 bits per heavy atom. The van der Waals surface area contributed by atoms with Crippen LogP contribution in [0.4, 0.5) is 0 Å². The number of piperidine rings is 1. The van der Waals surface area contributed by atoms with Crippen LogP contribution in [0.25, 0.3) is 0 Å². The van der Waals surface area contributed by atoms with Gasteiger partial charge in [-0.2, -0.15) is 0 Å². The van der Waals surface area contributed by atoms with Crippen LogP contribution in [0.1, 0.15) is 0 Å². The lowest BCUT2D eigenvalue weighted by atomic mass is 10.3. The normalized spacial score (nSPS) is 45.7. The summed E-state index contributed by atoms with van der Waals surface area (Å²) in [6.07, 6.45) is 0. The SMILES string of the molecule is Cl.OCC1C2CNCC12. The van der Waals surface area contributed by atoms with Crippen LogP contribution in [-0.4, -0.2) is 24.8 Å². The van der Waals surface area contributed by atoms with Crippen molar-refractivity contribution in [1.82, 2.24) is 5.32 Å². The van der Waals surface area contributed by atoms with Gasteiger partial charge in [0.25, 0.3) is 0 Å². The molecule has 2 atom stereocenters. The van der Waals surface area contributed by atoms with E-state index in [4.69, 9.17) is 5.11 Å². The molecule has 2 aliphatic rings. The molecule has 0 bridgehead atoms. The van der Waals surface area contributed by atoms with Gasteiger partial charge >= 0.3 is 0 Å². The van der Waals surface area contributed by atoms with E-state index in [0.717, 1.165) is 24.9 Å². The number of aliphatic hydroxyl groups excluding tert-OH is 1. The Morgan fingerprint density at radius 3 is 2.22 bits per heavy atom. The summed E-state index contributed by atoms with van der Waals surface area (Å²) in [5.74, 6) is 2.33. The molecule has 1 aliphatic heterocycles. The van der Waals surface area contributed by atoms with Gasteiger partial charge < -0.3 is 10.4 Å². The Labute approximate surface area is 61.0 Å². The van der Waals surface area contributed by atoms with Crippen LogP contribution in [0.3, 0.4) is 0 Å². The molecular weight excluding hydrogens is 138 g/mol. The van der Waals surface area contributed by atoms with E-state index in [0.29, 0.717) is 12.5 Å². The minimum atomic E-state index is 0. The molecule has 0 amide bonds. The molecule has 54 valence electrons. The maximum atomic E-state index is 8.68. The van der Waals surface area contributed by atoms with Gasteiger partial charge in [0.15, 0.2) is 0 Å². The summed E-state index contributed by atoms with van der Waals surface area (Å²) in [4.78, 5) is 0. The highest BCUT2D eigenvalue weighted by molar-refractivity contribution is 5.85. The summed E-state index contributed by atoms with van der Waals surface area (Å²) in [7, 11) is 0. The number of hydrogen-bond donors (Lipinski definition) is 2. The molecule has 3 heteroatoms. The lowest BCUT2D eigenvalue weighted by Gasteiger charge is -1.97. The number of fused-ring (bicyclic) bond motifs is 1. The predicted molar refractivity (Wildman–Crippen MR) is 37.7 cm³/mol. The smallest absolute Gasteiger partial charge is 0.0465 e. The van der Waals surface area contributed by atoms with Gasteiger partial charge in [-0.25, -0.2) is 0 Å². The molecule has 1 saturated carbocycles. The molecule has 2 fully saturated rings. The largest absolute Gasteiger partial charge is 0.396 e. The number of nitrogens with one attached hydrogen (secondary N) is 1. The van der Waals surface area contributed by atoms with E-state index in [1.165, 1.54) is 0 Å². The van der Waals surface area contributed by atoms with Gasteiger partial charge in [-0.3, -0.25) is 0 Å². The van der Waals surface area contributed by atoms with Crippen LogP contribution in [0.2, 0.25) is 0 Å². The van der Waals surface area contributed by atoms with Crippen molar-refractivity contribution in [3.63, 3.8) is 0 Å². The van der Waals surface area contributed by atoms with Crippen LogP contribution in [0, 0.1) is 17.8 Å². The van der Waals surface area contributed by atoms with Gasteiger partial charge in [-0.1, -0.05) is 0 Å². The number of rotatable bonds is 1. The van der Waals surface area contributed by atoms with Crippen molar-refractivity contribution in [3.8, 4) is 0 Å². The zero-order valence-corrected chi connectivity index (χ0v) is 6.03. The maximum Gasteiger partial charge on any atom is 0.0465 e. The predicted octanol–water partition coefficient (Wildman–Crippen LogP) is -0.134. The van der Waals surface area contributed by atoms with Crippen LogP contribution >= 0.6 is 12.4 Å². The zero-order valence-electron chi connectivity index (χ0n) is 5.21. The summed E-state index contributed by atoms with van der Waals surface area (Å²) in [6, 6.07) is 0. The molecule has 1 saturated heterocycles. The van der Waals surface area contributed by atoms with E-state index in [2.05, 4.69) is 5.32 Å². The van der Waals surface area contributed by atoms with Crippen molar-refractivity contribution in [1.29, 1.82) is 0 Å². The molecule has 2 rings (SSSR count). The molecular formula is C6H12ClNO. The third-order valence-corrected chi connectivity index (χ3v) is 2.48. The van der Waals surface area contributed by atoms with Gasteiger partial charge in [0, 0.05) is 6.61 Å². The first kappa shape index (κ1) is 7.32. The molecule has 0 aromatic carbocycles. The standard InChI is InChI=1S/C6H11NO.ClH/c8-3-6-4-1-7-2-5(4)6;/h4-8H,1-3H2;1H. The average molecular weight is 150 g/mol. The monoisotopic (exact) mass is 149 g/mol. The third-order valence-electron chi connectivity index (χ3n) is 2.48. The van der Waals surface area contributed by atoms with Gasteiger partial charge in [0.2, 0.25) is 0 Å². The molecule has 2 nitrogen and oxygen atoms in total. The second-order valence-corrected chi connectivity index (χ2v) is 2.83. The van der Waals surface area contributed by atoms with Crippen molar-refractivity contribution in [3.05, 3.63) is 0 Å². The zero-order chi connectivity index (χ0) is 5.56. The molecule has 1 heterocycles. The fourth-order valence-electron chi connectivity index (χ4n) is 1.82. The second-order valence-electron chi connectivity index (χ2n) is 2.83. The van der Waals surface area contributed by atoms with E-state index >= 15 is 0 Å². The Hall–Kier alpha value is 0.210. The van der Waals surface area contributed by atoms with Crippen LogP contribution in [-0.2, 0) is 0 Å². The van der Waals surface area contributed by atoms with Crippen molar-refractivity contribution in [2.75, 3.05) is 19.7 Å². The molecule has 0 aromatic heterocycles. The van der Waals surface area contributed by atoms with Crippen molar-refractivity contribution in [2.45, 2.75) is 0 Å². The first-order chi connectivity index (χ1) is 3.93. The van der Waals surface area contributed by atoms with E-state index in [1.807, 2.05) is 0 Å². The van der Waals surface area contributed by atoms with Crippen molar-refractivity contribution < 1.29 is 5.11 Å². The van der Waals surface area contributed by atoms with Crippen LogP contribution in [0.5, 0.6) is 0 Å². The first-order valence-electron chi connectivity index (χ1n) is 3.25. The minimum Gasteiger partial charge on any atom is -0.396 e. The number of aliphatic hydroxyl groups is 1. The Morgan fingerprint density at radius 2 is 1.89 bits per heavy atom. The second kappa shape index (κ2) is 2.45. The quantitative estimate of drug-likeness (QED) is 0.544. The lowest BCUT2D eigenvalue weighted by molar-refractivity contribution is 0.258. The average Bonchev–Trinajstić information content (AvgIpc) is 2.22. The molecule has 0 radical (unpaired) electrons. The van der Waals surface area contributed by atoms with Gasteiger partial charge in [0.05, 0.1) is 0 Å². The fraction of sp³-hybridized carbons (Fsp3) is 1.00. The van der Waals surface area contributed by atoms with Gasteiger partial charge in [-0.05, 0) is 30.8 Å².